The molecule has 2 heteroatoms. The molecule has 0 saturated carbocycles. The Labute approximate surface area is 107 Å². The first-order valence-corrected chi connectivity index (χ1v) is 5.99. The van der Waals surface area contributed by atoms with Crippen LogP contribution in [-0.4, -0.2) is 10.2 Å². The standard InChI is InChI=1S/C16H16O2/c1-2-13-10-11-14(16(18)15(13)17)9-8-12-6-4-3-5-7-12/h3-11,17-18H,2H2,1H3. The van der Waals surface area contributed by atoms with Gasteiger partial charge in [0.25, 0.3) is 0 Å². The number of hydrogen-bond acceptors (Lipinski definition) is 2. The third-order valence-corrected chi connectivity index (χ3v) is 2.90. The Hall–Kier alpha value is -2.22. The van der Waals surface area contributed by atoms with E-state index in [4.69, 9.17) is 0 Å². The van der Waals surface area contributed by atoms with E-state index in [0.29, 0.717) is 12.0 Å². The Bertz CT molecular complexity index is 557. The third-order valence-electron chi connectivity index (χ3n) is 2.90. The number of aryl methyl sites for hydroxylation is 1. The highest BCUT2D eigenvalue weighted by molar-refractivity contribution is 5.74. The highest BCUT2D eigenvalue weighted by Gasteiger charge is 2.08. The Morgan fingerprint density at radius 1 is 0.889 bits per heavy atom. The fourth-order valence-corrected chi connectivity index (χ4v) is 1.81. The second kappa shape index (κ2) is 5.41. The topological polar surface area (TPSA) is 40.5 Å². The summed E-state index contributed by atoms with van der Waals surface area (Å²) in [4.78, 5) is 0. The maximum atomic E-state index is 9.89. The summed E-state index contributed by atoms with van der Waals surface area (Å²) < 4.78 is 0. The number of hydrogen-bond donors (Lipinski definition) is 2. The second-order valence-corrected chi connectivity index (χ2v) is 4.11. The van der Waals surface area contributed by atoms with Crippen molar-refractivity contribution in [2.75, 3.05) is 0 Å². The predicted molar refractivity (Wildman–Crippen MR) is 74.5 cm³/mol. The maximum Gasteiger partial charge on any atom is 0.165 e. The van der Waals surface area contributed by atoms with Gasteiger partial charge in [-0.25, -0.2) is 0 Å². The van der Waals surface area contributed by atoms with Crippen molar-refractivity contribution in [3.63, 3.8) is 0 Å². The minimum atomic E-state index is -0.0541. The molecule has 0 unspecified atom stereocenters. The first-order valence-electron chi connectivity index (χ1n) is 5.99. The molecule has 0 heterocycles. The molecule has 0 fully saturated rings. The van der Waals surface area contributed by atoms with Crippen LogP contribution in [0.1, 0.15) is 23.6 Å². The number of phenolic OH excluding ortho intramolecular Hbond substituents is 2. The predicted octanol–water partition coefficient (Wildman–Crippen LogP) is 3.83. The third kappa shape index (κ3) is 2.54. The maximum absolute atomic E-state index is 9.89. The number of benzene rings is 2. The van der Waals surface area contributed by atoms with E-state index < -0.39 is 0 Å². The molecular weight excluding hydrogens is 224 g/mol. The average Bonchev–Trinajstić information content (AvgIpc) is 2.42. The summed E-state index contributed by atoms with van der Waals surface area (Å²) in [5.41, 5.74) is 2.42. The Morgan fingerprint density at radius 3 is 2.28 bits per heavy atom. The summed E-state index contributed by atoms with van der Waals surface area (Å²) in [5.74, 6) is -0.0748. The second-order valence-electron chi connectivity index (χ2n) is 4.11. The summed E-state index contributed by atoms with van der Waals surface area (Å²) in [5, 5.41) is 19.7. The van der Waals surface area contributed by atoms with E-state index in [1.807, 2.05) is 55.5 Å². The van der Waals surface area contributed by atoms with Crippen LogP contribution in [-0.2, 0) is 6.42 Å². The van der Waals surface area contributed by atoms with Crippen LogP contribution in [0, 0.1) is 0 Å². The van der Waals surface area contributed by atoms with Crippen LogP contribution in [0.4, 0.5) is 0 Å². The fraction of sp³-hybridized carbons (Fsp3) is 0.125. The van der Waals surface area contributed by atoms with Gasteiger partial charge in [0.15, 0.2) is 11.5 Å². The van der Waals surface area contributed by atoms with Crippen LogP contribution in [0.15, 0.2) is 42.5 Å². The molecule has 0 bridgehead atoms. The van der Waals surface area contributed by atoms with Crippen molar-refractivity contribution in [2.24, 2.45) is 0 Å². The lowest BCUT2D eigenvalue weighted by atomic mass is 10.1. The average molecular weight is 240 g/mol. The summed E-state index contributed by atoms with van der Waals surface area (Å²) >= 11 is 0. The smallest absolute Gasteiger partial charge is 0.165 e. The molecule has 0 saturated heterocycles. The molecule has 2 N–H and O–H groups in total. The van der Waals surface area contributed by atoms with Gasteiger partial charge in [0.05, 0.1) is 0 Å². The lowest BCUT2D eigenvalue weighted by Gasteiger charge is -2.06. The van der Waals surface area contributed by atoms with Crippen LogP contribution < -0.4 is 0 Å². The molecule has 0 aliphatic carbocycles. The molecule has 2 nitrogen and oxygen atoms in total. The van der Waals surface area contributed by atoms with Gasteiger partial charge >= 0.3 is 0 Å². The highest BCUT2D eigenvalue weighted by atomic mass is 16.3. The molecule has 0 aliphatic rings. The van der Waals surface area contributed by atoms with Crippen molar-refractivity contribution in [1.29, 1.82) is 0 Å². The minimum Gasteiger partial charge on any atom is -0.504 e. The zero-order valence-electron chi connectivity index (χ0n) is 10.3. The van der Waals surface area contributed by atoms with Gasteiger partial charge < -0.3 is 10.2 Å². The molecule has 0 aliphatic heterocycles. The van der Waals surface area contributed by atoms with Crippen LogP contribution >= 0.6 is 0 Å². The Morgan fingerprint density at radius 2 is 1.61 bits per heavy atom. The molecule has 2 aromatic carbocycles. The van der Waals surface area contributed by atoms with E-state index in [9.17, 15) is 10.2 Å². The summed E-state index contributed by atoms with van der Waals surface area (Å²) in [6.45, 7) is 1.94. The minimum absolute atomic E-state index is 0.0206. The molecule has 0 atom stereocenters. The summed E-state index contributed by atoms with van der Waals surface area (Å²) in [6, 6.07) is 13.5. The Balaban J connectivity index is 2.30. The first-order chi connectivity index (χ1) is 8.72. The van der Waals surface area contributed by atoms with E-state index in [-0.39, 0.29) is 11.5 Å². The van der Waals surface area contributed by atoms with Crippen LogP contribution in [0.5, 0.6) is 11.5 Å². The zero-order valence-corrected chi connectivity index (χ0v) is 10.3. The monoisotopic (exact) mass is 240 g/mol. The molecule has 0 amide bonds. The molecular formula is C16H16O2. The first kappa shape index (κ1) is 12.2. The number of aromatic hydroxyl groups is 2. The molecule has 92 valence electrons. The molecule has 2 rings (SSSR count). The van der Waals surface area contributed by atoms with Gasteiger partial charge in [-0.15, -0.1) is 0 Å². The molecule has 0 radical (unpaired) electrons. The van der Waals surface area contributed by atoms with Gasteiger partial charge in [-0.05, 0) is 17.5 Å². The quantitative estimate of drug-likeness (QED) is 0.632. The van der Waals surface area contributed by atoms with E-state index >= 15 is 0 Å². The zero-order chi connectivity index (χ0) is 13.0. The van der Waals surface area contributed by atoms with Crippen LogP contribution in [0.3, 0.4) is 0 Å². The van der Waals surface area contributed by atoms with Gasteiger partial charge in [-0.3, -0.25) is 0 Å². The molecule has 0 spiro atoms. The molecule has 2 aromatic rings. The van der Waals surface area contributed by atoms with E-state index in [2.05, 4.69) is 0 Å². The molecule has 0 aromatic heterocycles. The summed E-state index contributed by atoms with van der Waals surface area (Å²) in [7, 11) is 0. The molecule has 18 heavy (non-hydrogen) atoms. The fourth-order valence-electron chi connectivity index (χ4n) is 1.81. The van der Waals surface area contributed by atoms with Gasteiger partial charge in [0.1, 0.15) is 0 Å². The van der Waals surface area contributed by atoms with E-state index in [0.717, 1.165) is 11.1 Å². The number of phenols is 2. The largest absolute Gasteiger partial charge is 0.504 e. The summed E-state index contributed by atoms with van der Waals surface area (Å²) in [6.07, 6.45) is 4.39. The van der Waals surface area contributed by atoms with E-state index in [1.165, 1.54) is 0 Å². The van der Waals surface area contributed by atoms with Gasteiger partial charge in [0, 0.05) is 5.56 Å². The van der Waals surface area contributed by atoms with Crippen LogP contribution in [0.2, 0.25) is 0 Å². The van der Waals surface area contributed by atoms with Crippen molar-refractivity contribution in [1.82, 2.24) is 0 Å². The van der Waals surface area contributed by atoms with Gasteiger partial charge in [-0.2, -0.15) is 0 Å². The van der Waals surface area contributed by atoms with Crippen molar-refractivity contribution in [2.45, 2.75) is 13.3 Å². The van der Waals surface area contributed by atoms with Crippen LogP contribution in [0.25, 0.3) is 12.2 Å². The van der Waals surface area contributed by atoms with E-state index in [1.54, 1.807) is 6.08 Å². The number of rotatable bonds is 3. The van der Waals surface area contributed by atoms with Gasteiger partial charge in [-0.1, -0.05) is 61.5 Å². The highest BCUT2D eigenvalue weighted by Crippen LogP contribution is 2.33. The lowest BCUT2D eigenvalue weighted by Crippen LogP contribution is -1.84. The van der Waals surface area contributed by atoms with Crippen molar-refractivity contribution < 1.29 is 10.2 Å². The van der Waals surface area contributed by atoms with Gasteiger partial charge in [0.2, 0.25) is 0 Å². The van der Waals surface area contributed by atoms with Crippen molar-refractivity contribution >= 4 is 12.2 Å². The lowest BCUT2D eigenvalue weighted by molar-refractivity contribution is 0.399. The van der Waals surface area contributed by atoms with Crippen molar-refractivity contribution in [3.8, 4) is 11.5 Å². The normalized spacial score (nSPS) is 10.9. The van der Waals surface area contributed by atoms with Crippen molar-refractivity contribution in [3.05, 3.63) is 59.2 Å². The Kier molecular flexibility index (Phi) is 3.68. The SMILES string of the molecule is CCc1ccc(C=Cc2ccccc2)c(O)c1O.